The highest BCUT2D eigenvalue weighted by atomic mass is 32.2. The van der Waals surface area contributed by atoms with Crippen molar-refractivity contribution in [3.8, 4) is 16.9 Å². The van der Waals surface area contributed by atoms with E-state index in [-0.39, 0.29) is 5.75 Å². The summed E-state index contributed by atoms with van der Waals surface area (Å²) in [5.74, 6) is 0.240. The van der Waals surface area contributed by atoms with Crippen LogP contribution in [0.25, 0.3) is 11.1 Å². The number of aryl methyl sites for hydroxylation is 1. The van der Waals surface area contributed by atoms with Crippen molar-refractivity contribution in [2.75, 3.05) is 13.1 Å². The molecule has 0 saturated carbocycles. The van der Waals surface area contributed by atoms with Gasteiger partial charge in [-0.1, -0.05) is 18.2 Å². The summed E-state index contributed by atoms with van der Waals surface area (Å²) in [6.45, 7) is 3.03. The molecule has 22 heavy (non-hydrogen) atoms. The summed E-state index contributed by atoms with van der Waals surface area (Å²) < 4.78 is 26.8. The Bertz CT molecular complexity index is 793. The highest BCUT2D eigenvalue weighted by Gasteiger charge is 2.27. The third-order valence-corrected chi connectivity index (χ3v) is 5.96. The number of rotatable bonds is 3. The molecule has 0 spiro atoms. The molecule has 1 saturated heterocycles. The van der Waals surface area contributed by atoms with E-state index < -0.39 is 10.0 Å². The largest absolute Gasteiger partial charge is 0.508 e. The Labute approximate surface area is 131 Å². The number of hydrogen-bond acceptors (Lipinski definition) is 3. The number of aromatic hydroxyl groups is 1. The Balaban J connectivity index is 2.00. The molecular weight excluding hydrogens is 298 g/mol. The summed E-state index contributed by atoms with van der Waals surface area (Å²) in [5, 5.41) is 9.62. The van der Waals surface area contributed by atoms with Gasteiger partial charge in [0.25, 0.3) is 0 Å². The first kappa shape index (κ1) is 15.1. The zero-order valence-electron chi connectivity index (χ0n) is 12.5. The predicted molar refractivity (Wildman–Crippen MR) is 86.3 cm³/mol. The van der Waals surface area contributed by atoms with E-state index in [4.69, 9.17) is 0 Å². The third-order valence-electron chi connectivity index (χ3n) is 4.07. The average molecular weight is 317 g/mol. The molecule has 0 radical (unpaired) electrons. The van der Waals surface area contributed by atoms with Gasteiger partial charge < -0.3 is 5.11 Å². The molecule has 0 unspecified atom stereocenters. The molecule has 1 aliphatic heterocycles. The number of phenols is 1. The van der Waals surface area contributed by atoms with Crippen LogP contribution in [0.5, 0.6) is 5.75 Å². The Kier molecular flexibility index (Phi) is 3.93. The molecular formula is C17H19NO3S. The number of benzene rings is 2. The minimum absolute atomic E-state index is 0.240. The van der Waals surface area contributed by atoms with Crippen molar-refractivity contribution in [3.05, 3.63) is 48.0 Å². The maximum Gasteiger partial charge on any atom is 0.243 e. The van der Waals surface area contributed by atoms with Crippen molar-refractivity contribution < 1.29 is 13.5 Å². The first-order chi connectivity index (χ1) is 10.5. The lowest BCUT2D eigenvalue weighted by Gasteiger charge is -2.16. The van der Waals surface area contributed by atoms with E-state index in [0.717, 1.165) is 29.5 Å². The van der Waals surface area contributed by atoms with Gasteiger partial charge in [-0.05, 0) is 60.7 Å². The second kappa shape index (κ2) is 5.74. The van der Waals surface area contributed by atoms with Crippen LogP contribution in [0.3, 0.4) is 0 Å². The van der Waals surface area contributed by atoms with Crippen molar-refractivity contribution in [1.29, 1.82) is 0 Å². The fourth-order valence-corrected chi connectivity index (χ4v) is 4.31. The van der Waals surface area contributed by atoms with Crippen molar-refractivity contribution in [3.63, 3.8) is 0 Å². The topological polar surface area (TPSA) is 57.6 Å². The molecule has 0 bridgehead atoms. The van der Waals surface area contributed by atoms with E-state index in [9.17, 15) is 13.5 Å². The second-order valence-electron chi connectivity index (χ2n) is 5.64. The fraction of sp³-hybridized carbons (Fsp3) is 0.294. The van der Waals surface area contributed by atoms with Crippen molar-refractivity contribution >= 4 is 10.0 Å². The molecule has 4 nitrogen and oxygen atoms in total. The van der Waals surface area contributed by atoms with Crippen molar-refractivity contribution in [2.24, 2.45) is 0 Å². The molecule has 1 heterocycles. The minimum Gasteiger partial charge on any atom is -0.508 e. The van der Waals surface area contributed by atoms with Crippen molar-refractivity contribution in [1.82, 2.24) is 4.31 Å². The van der Waals surface area contributed by atoms with Gasteiger partial charge in [-0.3, -0.25) is 0 Å². The van der Waals surface area contributed by atoms with Crippen LogP contribution < -0.4 is 0 Å². The fourth-order valence-electron chi connectivity index (χ4n) is 2.75. The number of hydrogen-bond donors (Lipinski definition) is 1. The summed E-state index contributed by atoms with van der Waals surface area (Å²) in [6, 6.07) is 12.3. The van der Waals surface area contributed by atoms with Gasteiger partial charge in [0.15, 0.2) is 0 Å². The van der Waals surface area contributed by atoms with E-state index in [1.165, 1.54) is 0 Å². The van der Waals surface area contributed by atoms with Crippen LogP contribution in [0.2, 0.25) is 0 Å². The molecule has 0 aromatic heterocycles. The van der Waals surface area contributed by atoms with Crippen LogP contribution in [-0.4, -0.2) is 30.9 Å². The quantitative estimate of drug-likeness (QED) is 0.946. The smallest absolute Gasteiger partial charge is 0.243 e. The molecule has 5 heteroatoms. The van der Waals surface area contributed by atoms with Crippen LogP contribution in [0.1, 0.15) is 18.4 Å². The highest BCUT2D eigenvalue weighted by Crippen LogP contribution is 2.28. The molecule has 1 aliphatic rings. The third kappa shape index (κ3) is 2.74. The van der Waals surface area contributed by atoms with E-state index in [2.05, 4.69) is 0 Å². The highest BCUT2D eigenvalue weighted by molar-refractivity contribution is 7.89. The van der Waals surface area contributed by atoms with E-state index >= 15 is 0 Å². The Morgan fingerprint density at radius 3 is 2.36 bits per heavy atom. The zero-order chi connectivity index (χ0) is 15.7. The molecule has 2 aromatic rings. The molecule has 3 rings (SSSR count). The Hall–Kier alpha value is -1.85. The Morgan fingerprint density at radius 1 is 1.00 bits per heavy atom. The van der Waals surface area contributed by atoms with Gasteiger partial charge in [0, 0.05) is 13.1 Å². The van der Waals surface area contributed by atoms with Gasteiger partial charge in [-0.25, -0.2) is 8.42 Å². The SMILES string of the molecule is Cc1cc(-c2cccc(S(=O)(=O)N3CCCC3)c2)ccc1O. The maximum absolute atomic E-state index is 12.6. The first-order valence-electron chi connectivity index (χ1n) is 7.39. The summed E-state index contributed by atoms with van der Waals surface area (Å²) in [6.07, 6.45) is 1.85. The molecule has 1 fully saturated rings. The predicted octanol–water partition coefficient (Wildman–Crippen LogP) is 3.15. The van der Waals surface area contributed by atoms with E-state index in [1.807, 2.05) is 19.1 Å². The van der Waals surface area contributed by atoms with Gasteiger partial charge in [-0.15, -0.1) is 0 Å². The van der Waals surface area contributed by atoms with Crippen LogP contribution in [0.15, 0.2) is 47.4 Å². The molecule has 0 aliphatic carbocycles. The number of sulfonamides is 1. The number of phenolic OH excluding ortho intramolecular Hbond substituents is 1. The van der Waals surface area contributed by atoms with Crippen LogP contribution >= 0.6 is 0 Å². The van der Waals surface area contributed by atoms with Gasteiger partial charge >= 0.3 is 0 Å². The number of nitrogens with zero attached hydrogens (tertiary/aromatic N) is 1. The minimum atomic E-state index is -3.40. The van der Waals surface area contributed by atoms with Crippen molar-refractivity contribution in [2.45, 2.75) is 24.7 Å². The first-order valence-corrected chi connectivity index (χ1v) is 8.83. The van der Waals surface area contributed by atoms with E-state index in [1.54, 1.807) is 34.6 Å². The zero-order valence-corrected chi connectivity index (χ0v) is 13.3. The van der Waals surface area contributed by atoms with Crippen LogP contribution in [-0.2, 0) is 10.0 Å². The lowest BCUT2D eigenvalue weighted by atomic mass is 10.0. The molecule has 1 N–H and O–H groups in total. The van der Waals surface area contributed by atoms with Gasteiger partial charge in [-0.2, -0.15) is 4.31 Å². The lowest BCUT2D eigenvalue weighted by molar-refractivity contribution is 0.471. The standard InChI is InChI=1S/C17H19NO3S/c1-13-11-15(7-8-17(13)19)14-5-4-6-16(12-14)22(20,21)18-9-2-3-10-18/h4-8,11-12,19H,2-3,9-10H2,1H3. The summed E-state index contributed by atoms with van der Waals surface area (Å²) >= 11 is 0. The van der Waals surface area contributed by atoms with Gasteiger partial charge in [0.05, 0.1) is 4.90 Å². The second-order valence-corrected chi connectivity index (χ2v) is 7.58. The summed E-state index contributed by atoms with van der Waals surface area (Å²) in [7, 11) is -3.40. The van der Waals surface area contributed by atoms with Crippen LogP contribution in [0.4, 0.5) is 0 Å². The average Bonchev–Trinajstić information content (AvgIpc) is 3.05. The normalized spacial score (nSPS) is 16.0. The monoisotopic (exact) mass is 317 g/mol. The van der Waals surface area contributed by atoms with Crippen LogP contribution in [0, 0.1) is 6.92 Å². The summed E-state index contributed by atoms with van der Waals surface area (Å²) in [5.41, 5.74) is 2.50. The Morgan fingerprint density at radius 2 is 1.68 bits per heavy atom. The van der Waals surface area contributed by atoms with Gasteiger partial charge in [0.2, 0.25) is 10.0 Å². The molecule has 0 amide bonds. The lowest BCUT2D eigenvalue weighted by Crippen LogP contribution is -2.27. The van der Waals surface area contributed by atoms with Gasteiger partial charge in [0.1, 0.15) is 5.75 Å². The molecule has 0 atom stereocenters. The molecule has 2 aromatic carbocycles. The van der Waals surface area contributed by atoms with E-state index in [0.29, 0.717) is 18.0 Å². The molecule has 116 valence electrons. The maximum atomic E-state index is 12.6. The summed E-state index contributed by atoms with van der Waals surface area (Å²) in [4.78, 5) is 0.331.